The number of hydrogen-bond donors (Lipinski definition) is 1. The molecule has 0 fully saturated rings. The Morgan fingerprint density at radius 3 is 1.83 bits per heavy atom. The minimum absolute atomic E-state index is 0.0352. The predicted octanol–water partition coefficient (Wildman–Crippen LogP) is 4.67. The van der Waals surface area contributed by atoms with Crippen LogP contribution >= 0.6 is 11.6 Å². The Morgan fingerprint density at radius 2 is 1.34 bits per heavy atom. The van der Waals surface area contributed by atoms with E-state index in [9.17, 15) is 9.59 Å². The first-order valence-electron chi connectivity index (χ1n) is 10.6. The Labute approximate surface area is 208 Å². The van der Waals surface area contributed by atoms with Crippen molar-refractivity contribution < 1.29 is 33.6 Å². The molecule has 9 heteroatoms. The van der Waals surface area contributed by atoms with E-state index in [1.807, 2.05) is 48.5 Å². The van der Waals surface area contributed by atoms with E-state index in [0.29, 0.717) is 11.5 Å². The summed E-state index contributed by atoms with van der Waals surface area (Å²) in [6, 6.07) is 17.8. The first-order chi connectivity index (χ1) is 16.8. The molecular weight excluding hydrogens is 474 g/mol. The number of benzene rings is 3. The molecule has 0 unspecified atom stereocenters. The van der Waals surface area contributed by atoms with Crippen molar-refractivity contribution in [2.24, 2.45) is 0 Å². The lowest BCUT2D eigenvalue weighted by atomic mass is 10.1. The predicted molar refractivity (Wildman–Crippen MR) is 131 cm³/mol. The normalized spacial score (nSPS) is 10.4. The van der Waals surface area contributed by atoms with Crippen LogP contribution in [0.4, 0.5) is 0 Å². The second kappa shape index (κ2) is 12.0. The molecule has 0 spiro atoms. The third-order valence-electron chi connectivity index (χ3n) is 5.11. The van der Waals surface area contributed by atoms with E-state index in [1.54, 1.807) is 20.3 Å². The molecule has 0 saturated heterocycles. The number of carboxylic acid groups (broad SMARTS) is 1. The maximum Gasteiger partial charge on any atom is 0.323 e. The average molecular weight is 500 g/mol. The van der Waals surface area contributed by atoms with Crippen LogP contribution in [0.25, 0.3) is 0 Å². The quantitative estimate of drug-likeness (QED) is 0.409. The topological polar surface area (TPSA) is 94.5 Å². The molecular formula is C26H26ClNO7. The fraction of sp³-hybridized carbons (Fsp3) is 0.231. The second-order valence-corrected chi connectivity index (χ2v) is 7.96. The summed E-state index contributed by atoms with van der Waals surface area (Å²) in [6.45, 7) is -0.0798. The number of halogens is 1. The van der Waals surface area contributed by atoms with E-state index in [0.717, 1.165) is 21.8 Å². The van der Waals surface area contributed by atoms with Crippen LogP contribution < -0.4 is 18.9 Å². The van der Waals surface area contributed by atoms with Gasteiger partial charge in [-0.15, -0.1) is 0 Å². The molecule has 184 valence electrons. The lowest BCUT2D eigenvalue weighted by molar-refractivity contribution is -0.137. The van der Waals surface area contributed by atoms with Crippen molar-refractivity contribution >= 4 is 23.5 Å². The number of amides is 1. The van der Waals surface area contributed by atoms with Crippen molar-refractivity contribution in [3.63, 3.8) is 0 Å². The van der Waals surface area contributed by atoms with Crippen LogP contribution in [0.1, 0.15) is 21.5 Å². The standard InChI is InChI=1S/C26H26ClNO7/c1-28(14-23(29)30)26(31)21-12-13-22(34-15-17-4-8-19(32-2)9-5-17)25(24(21)27)35-16-18-6-10-20(33-3)11-7-18/h4-13H,14-16H2,1-3H3,(H,29,30). The Morgan fingerprint density at radius 1 is 0.829 bits per heavy atom. The van der Waals surface area contributed by atoms with Gasteiger partial charge in [-0.3, -0.25) is 9.59 Å². The number of aliphatic carboxylic acids is 1. The van der Waals surface area contributed by atoms with E-state index >= 15 is 0 Å². The van der Waals surface area contributed by atoms with Gasteiger partial charge in [-0.1, -0.05) is 35.9 Å². The van der Waals surface area contributed by atoms with Gasteiger partial charge in [0.15, 0.2) is 11.5 Å². The van der Waals surface area contributed by atoms with Crippen LogP contribution in [0, 0.1) is 0 Å². The molecule has 8 nitrogen and oxygen atoms in total. The number of carboxylic acids is 1. The molecule has 0 bridgehead atoms. The summed E-state index contributed by atoms with van der Waals surface area (Å²) in [6.07, 6.45) is 0. The van der Waals surface area contributed by atoms with Gasteiger partial charge in [0.2, 0.25) is 0 Å². The van der Waals surface area contributed by atoms with Crippen molar-refractivity contribution in [1.82, 2.24) is 4.90 Å². The number of hydrogen-bond acceptors (Lipinski definition) is 6. The summed E-state index contributed by atoms with van der Waals surface area (Å²) < 4.78 is 22.3. The molecule has 0 aromatic heterocycles. The average Bonchev–Trinajstić information content (AvgIpc) is 2.86. The van der Waals surface area contributed by atoms with Crippen LogP contribution in [-0.4, -0.2) is 49.7 Å². The minimum atomic E-state index is -1.13. The Hall–Kier alpha value is -3.91. The lowest BCUT2D eigenvalue weighted by Gasteiger charge is -2.19. The highest BCUT2D eigenvalue weighted by molar-refractivity contribution is 6.35. The molecule has 0 aliphatic heterocycles. The molecule has 0 heterocycles. The highest BCUT2D eigenvalue weighted by Crippen LogP contribution is 2.39. The number of rotatable bonds is 11. The van der Waals surface area contributed by atoms with E-state index in [2.05, 4.69) is 0 Å². The van der Waals surface area contributed by atoms with Gasteiger partial charge in [-0.25, -0.2) is 0 Å². The first kappa shape index (κ1) is 25.7. The fourth-order valence-corrected chi connectivity index (χ4v) is 3.48. The van der Waals surface area contributed by atoms with Crippen molar-refractivity contribution in [1.29, 1.82) is 0 Å². The zero-order valence-electron chi connectivity index (χ0n) is 19.6. The highest BCUT2D eigenvalue weighted by atomic mass is 35.5. The zero-order chi connectivity index (χ0) is 25.4. The van der Waals surface area contributed by atoms with E-state index in [-0.39, 0.29) is 29.5 Å². The summed E-state index contributed by atoms with van der Waals surface area (Å²) >= 11 is 6.59. The summed E-state index contributed by atoms with van der Waals surface area (Å²) in [7, 11) is 4.57. The molecule has 0 aliphatic carbocycles. The molecule has 3 rings (SSSR count). The highest BCUT2D eigenvalue weighted by Gasteiger charge is 2.23. The van der Waals surface area contributed by atoms with Gasteiger partial charge in [-0.05, 0) is 47.5 Å². The van der Waals surface area contributed by atoms with Crippen molar-refractivity contribution in [2.75, 3.05) is 27.8 Å². The van der Waals surface area contributed by atoms with Crippen LogP contribution in [0.3, 0.4) is 0 Å². The third-order valence-corrected chi connectivity index (χ3v) is 5.48. The molecule has 1 amide bonds. The van der Waals surface area contributed by atoms with Gasteiger partial charge in [0.25, 0.3) is 5.91 Å². The number of ether oxygens (including phenoxy) is 4. The van der Waals surface area contributed by atoms with Gasteiger partial charge < -0.3 is 29.0 Å². The molecule has 0 aliphatic rings. The number of methoxy groups -OCH3 is 2. The smallest absolute Gasteiger partial charge is 0.323 e. The van der Waals surface area contributed by atoms with Crippen molar-refractivity contribution in [2.45, 2.75) is 13.2 Å². The van der Waals surface area contributed by atoms with Gasteiger partial charge in [0.1, 0.15) is 31.3 Å². The SMILES string of the molecule is COc1ccc(COc2ccc(C(=O)N(C)CC(=O)O)c(Cl)c2OCc2ccc(OC)cc2)cc1. The fourth-order valence-electron chi connectivity index (χ4n) is 3.19. The molecule has 35 heavy (non-hydrogen) atoms. The number of nitrogens with zero attached hydrogens (tertiary/aromatic N) is 1. The molecule has 0 atom stereocenters. The Kier molecular flexibility index (Phi) is 8.80. The molecule has 1 N–H and O–H groups in total. The summed E-state index contributed by atoms with van der Waals surface area (Å²) in [4.78, 5) is 24.9. The molecule has 3 aromatic rings. The number of carbonyl (C=O) groups excluding carboxylic acids is 1. The van der Waals surface area contributed by atoms with Crippen molar-refractivity contribution in [3.05, 3.63) is 82.4 Å². The van der Waals surface area contributed by atoms with Crippen LogP contribution in [0.15, 0.2) is 60.7 Å². The maximum atomic E-state index is 12.8. The number of carbonyl (C=O) groups is 2. The van der Waals surface area contributed by atoms with E-state index in [4.69, 9.17) is 35.7 Å². The minimum Gasteiger partial charge on any atom is -0.497 e. The monoisotopic (exact) mass is 499 g/mol. The number of likely N-dealkylation sites (N-methyl/N-ethyl adjacent to an activating group) is 1. The third kappa shape index (κ3) is 6.80. The largest absolute Gasteiger partial charge is 0.497 e. The van der Waals surface area contributed by atoms with Gasteiger partial charge >= 0.3 is 5.97 Å². The summed E-state index contributed by atoms with van der Waals surface area (Å²) in [5.74, 6) is 0.293. The van der Waals surface area contributed by atoms with E-state index in [1.165, 1.54) is 13.1 Å². The summed E-state index contributed by atoms with van der Waals surface area (Å²) in [5, 5.41) is 9.05. The van der Waals surface area contributed by atoms with Crippen LogP contribution in [-0.2, 0) is 18.0 Å². The zero-order valence-corrected chi connectivity index (χ0v) is 20.4. The van der Waals surface area contributed by atoms with Gasteiger partial charge in [0.05, 0.1) is 24.8 Å². The van der Waals surface area contributed by atoms with Gasteiger partial charge in [0, 0.05) is 7.05 Å². The molecule has 3 aromatic carbocycles. The Bertz CT molecular complexity index is 1160. The first-order valence-corrected chi connectivity index (χ1v) is 11.0. The van der Waals surface area contributed by atoms with Crippen LogP contribution in [0.2, 0.25) is 5.02 Å². The van der Waals surface area contributed by atoms with Crippen LogP contribution in [0.5, 0.6) is 23.0 Å². The Balaban J connectivity index is 1.87. The molecule has 0 saturated carbocycles. The van der Waals surface area contributed by atoms with Gasteiger partial charge in [-0.2, -0.15) is 0 Å². The molecule has 0 radical (unpaired) electrons. The van der Waals surface area contributed by atoms with E-state index < -0.39 is 18.4 Å². The van der Waals surface area contributed by atoms with Crippen molar-refractivity contribution in [3.8, 4) is 23.0 Å². The second-order valence-electron chi connectivity index (χ2n) is 7.58. The lowest BCUT2D eigenvalue weighted by Crippen LogP contribution is -2.32. The summed E-state index contributed by atoms with van der Waals surface area (Å²) in [5.41, 5.74) is 1.85. The maximum absolute atomic E-state index is 12.8.